The number of morpholine rings is 1. The third-order valence-electron chi connectivity index (χ3n) is 5.64. The monoisotopic (exact) mass is 501 g/mol. The Labute approximate surface area is 182 Å². The van der Waals surface area contributed by atoms with Crippen molar-refractivity contribution < 1.29 is 9.13 Å². The van der Waals surface area contributed by atoms with Gasteiger partial charge in [0.05, 0.1) is 13.2 Å². The highest BCUT2D eigenvalue weighted by molar-refractivity contribution is 14.0. The van der Waals surface area contributed by atoms with E-state index in [0.717, 1.165) is 74.8 Å². The molecule has 3 heterocycles. The van der Waals surface area contributed by atoms with Crippen LogP contribution in [0.5, 0.6) is 0 Å². The third-order valence-corrected chi connectivity index (χ3v) is 5.64. The van der Waals surface area contributed by atoms with Crippen molar-refractivity contribution in [1.29, 1.82) is 0 Å². The molecule has 1 atom stereocenters. The Morgan fingerprint density at radius 1 is 1.32 bits per heavy atom. The van der Waals surface area contributed by atoms with Crippen LogP contribution in [0.2, 0.25) is 0 Å². The lowest BCUT2D eigenvalue weighted by Gasteiger charge is -2.32. The number of hydrogen-bond acceptors (Lipinski definition) is 3. The molecule has 6 nitrogen and oxygen atoms in total. The quantitative estimate of drug-likeness (QED) is 0.384. The summed E-state index contributed by atoms with van der Waals surface area (Å²) in [5.41, 5.74) is 2.10. The standard InChI is InChI=1S/C20H28FN5O.HI/c1-22-20(26-7-5-17(14-26)25-8-10-27-11-9-25)23-6-4-15-13-24-19-3-2-16(21)12-18(15)19;/h2-3,12-13,17,24H,4-11,14H2,1H3,(H,22,23);1H. The lowest BCUT2D eigenvalue weighted by atomic mass is 10.1. The molecule has 28 heavy (non-hydrogen) atoms. The number of likely N-dealkylation sites (tertiary alicyclic amines) is 1. The lowest BCUT2D eigenvalue weighted by molar-refractivity contribution is 0.0195. The van der Waals surface area contributed by atoms with Crippen LogP contribution in [0.15, 0.2) is 29.4 Å². The molecule has 0 bridgehead atoms. The van der Waals surface area contributed by atoms with Crippen molar-refractivity contribution in [2.24, 2.45) is 4.99 Å². The van der Waals surface area contributed by atoms with E-state index in [4.69, 9.17) is 4.74 Å². The van der Waals surface area contributed by atoms with Gasteiger partial charge in [-0.05, 0) is 36.6 Å². The van der Waals surface area contributed by atoms with Crippen LogP contribution >= 0.6 is 24.0 Å². The van der Waals surface area contributed by atoms with E-state index < -0.39 is 0 Å². The Bertz CT molecular complexity index is 805. The van der Waals surface area contributed by atoms with E-state index in [1.165, 1.54) is 12.5 Å². The van der Waals surface area contributed by atoms with Gasteiger partial charge in [-0.3, -0.25) is 9.89 Å². The van der Waals surface area contributed by atoms with Gasteiger partial charge in [-0.1, -0.05) is 0 Å². The zero-order valence-electron chi connectivity index (χ0n) is 16.3. The van der Waals surface area contributed by atoms with Gasteiger partial charge < -0.3 is 19.9 Å². The number of benzene rings is 1. The zero-order valence-corrected chi connectivity index (χ0v) is 18.6. The van der Waals surface area contributed by atoms with Crippen molar-refractivity contribution >= 4 is 40.8 Å². The summed E-state index contributed by atoms with van der Waals surface area (Å²) in [6.45, 7) is 6.56. The maximum Gasteiger partial charge on any atom is 0.193 e. The van der Waals surface area contributed by atoms with E-state index >= 15 is 0 Å². The van der Waals surface area contributed by atoms with E-state index in [1.54, 1.807) is 12.1 Å². The Hall–Kier alpha value is -1.39. The second-order valence-corrected chi connectivity index (χ2v) is 7.26. The maximum absolute atomic E-state index is 13.5. The number of rotatable bonds is 4. The van der Waals surface area contributed by atoms with E-state index in [-0.39, 0.29) is 29.8 Å². The lowest BCUT2D eigenvalue weighted by Crippen LogP contribution is -2.46. The van der Waals surface area contributed by atoms with Gasteiger partial charge in [0.1, 0.15) is 5.82 Å². The van der Waals surface area contributed by atoms with Crippen LogP contribution < -0.4 is 5.32 Å². The van der Waals surface area contributed by atoms with Crippen molar-refractivity contribution in [3.05, 3.63) is 35.8 Å². The molecule has 2 fully saturated rings. The van der Waals surface area contributed by atoms with Gasteiger partial charge in [0.25, 0.3) is 0 Å². The van der Waals surface area contributed by atoms with Crippen LogP contribution in [-0.4, -0.2) is 79.8 Å². The topological polar surface area (TPSA) is 55.9 Å². The predicted molar refractivity (Wildman–Crippen MR) is 121 cm³/mol. The average Bonchev–Trinajstić information content (AvgIpc) is 3.33. The summed E-state index contributed by atoms with van der Waals surface area (Å²) in [6.07, 6.45) is 3.96. The normalized spacial score (nSPS) is 21.1. The van der Waals surface area contributed by atoms with Crippen molar-refractivity contribution in [2.45, 2.75) is 18.9 Å². The molecule has 8 heteroatoms. The van der Waals surface area contributed by atoms with Crippen molar-refractivity contribution in [2.75, 3.05) is 53.0 Å². The highest BCUT2D eigenvalue weighted by Gasteiger charge is 2.30. The molecule has 1 aromatic heterocycles. The van der Waals surface area contributed by atoms with E-state index in [2.05, 4.69) is 25.1 Å². The first-order valence-electron chi connectivity index (χ1n) is 9.77. The number of guanidine groups is 1. The summed E-state index contributed by atoms with van der Waals surface area (Å²) in [4.78, 5) is 12.6. The zero-order chi connectivity index (χ0) is 18.6. The van der Waals surface area contributed by atoms with Gasteiger partial charge in [-0.15, -0.1) is 24.0 Å². The number of hydrogen-bond donors (Lipinski definition) is 2. The molecule has 154 valence electrons. The van der Waals surface area contributed by atoms with Crippen molar-refractivity contribution in [1.82, 2.24) is 20.1 Å². The van der Waals surface area contributed by atoms with Gasteiger partial charge in [0, 0.05) is 62.9 Å². The Morgan fingerprint density at radius 2 is 2.14 bits per heavy atom. The molecular formula is C20H29FIN5O. The number of nitrogens with one attached hydrogen (secondary N) is 2. The molecular weight excluding hydrogens is 472 g/mol. The number of aromatic nitrogens is 1. The molecule has 2 saturated heterocycles. The van der Waals surface area contributed by atoms with Crippen LogP contribution in [0, 0.1) is 5.82 Å². The minimum atomic E-state index is -0.196. The number of halogens is 2. The fourth-order valence-corrected chi connectivity index (χ4v) is 4.17. The molecule has 0 aliphatic carbocycles. The van der Waals surface area contributed by atoms with E-state index in [1.807, 2.05) is 13.2 Å². The van der Waals surface area contributed by atoms with Gasteiger partial charge in [-0.25, -0.2) is 4.39 Å². The number of ether oxygens (including phenoxy) is 1. The molecule has 2 aliphatic heterocycles. The summed E-state index contributed by atoms with van der Waals surface area (Å²) in [5, 5.41) is 4.44. The van der Waals surface area contributed by atoms with Gasteiger partial charge in [0.15, 0.2) is 5.96 Å². The number of aromatic amines is 1. The Kier molecular flexibility index (Phi) is 7.53. The molecule has 1 aromatic carbocycles. The highest BCUT2D eigenvalue weighted by atomic mass is 127. The van der Waals surface area contributed by atoms with E-state index in [9.17, 15) is 4.39 Å². The van der Waals surface area contributed by atoms with Crippen LogP contribution in [-0.2, 0) is 11.2 Å². The first-order valence-corrected chi connectivity index (χ1v) is 9.77. The number of aliphatic imine (C=N–C) groups is 1. The second-order valence-electron chi connectivity index (χ2n) is 7.26. The molecule has 0 radical (unpaired) electrons. The van der Waals surface area contributed by atoms with Gasteiger partial charge in [-0.2, -0.15) is 0 Å². The minimum absolute atomic E-state index is 0. The first-order chi connectivity index (χ1) is 13.2. The van der Waals surface area contributed by atoms with Gasteiger partial charge in [0.2, 0.25) is 0 Å². The van der Waals surface area contributed by atoms with Crippen molar-refractivity contribution in [3.8, 4) is 0 Å². The molecule has 0 amide bonds. The molecule has 1 unspecified atom stereocenters. The van der Waals surface area contributed by atoms with Gasteiger partial charge >= 0.3 is 0 Å². The predicted octanol–water partition coefficient (Wildman–Crippen LogP) is 2.45. The van der Waals surface area contributed by atoms with Crippen LogP contribution in [0.1, 0.15) is 12.0 Å². The fraction of sp³-hybridized carbons (Fsp3) is 0.550. The summed E-state index contributed by atoms with van der Waals surface area (Å²) in [7, 11) is 1.84. The summed E-state index contributed by atoms with van der Waals surface area (Å²) in [5.74, 6) is 0.759. The molecule has 0 spiro atoms. The fourth-order valence-electron chi connectivity index (χ4n) is 4.17. The number of nitrogens with zero attached hydrogens (tertiary/aromatic N) is 3. The average molecular weight is 501 g/mol. The molecule has 4 rings (SSSR count). The summed E-state index contributed by atoms with van der Waals surface area (Å²) in [6, 6.07) is 5.46. The maximum atomic E-state index is 13.5. The molecule has 0 saturated carbocycles. The summed E-state index contributed by atoms with van der Waals surface area (Å²) < 4.78 is 19.0. The van der Waals surface area contributed by atoms with Crippen LogP contribution in [0.4, 0.5) is 4.39 Å². The summed E-state index contributed by atoms with van der Waals surface area (Å²) >= 11 is 0. The number of H-pyrrole nitrogens is 1. The molecule has 2 N–H and O–H groups in total. The SMILES string of the molecule is CN=C(NCCc1c[nH]c2ccc(F)cc12)N1CCC(N2CCOCC2)C1.I. The van der Waals surface area contributed by atoms with Crippen LogP contribution in [0.3, 0.4) is 0 Å². The van der Waals surface area contributed by atoms with E-state index in [0.29, 0.717) is 6.04 Å². The highest BCUT2D eigenvalue weighted by Crippen LogP contribution is 2.20. The smallest absolute Gasteiger partial charge is 0.193 e. The first kappa shape index (κ1) is 21.3. The van der Waals surface area contributed by atoms with Crippen LogP contribution in [0.25, 0.3) is 10.9 Å². The molecule has 2 aliphatic rings. The minimum Gasteiger partial charge on any atom is -0.379 e. The largest absolute Gasteiger partial charge is 0.379 e. The Balaban J connectivity index is 0.00000225. The molecule has 2 aromatic rings. The third kappa shape index (κ3) is 4.77. The second kappa shape index (κ2) is 9.89. The number of fused-ring (bicyclic) bond motifs is 1. The Morgan fingerprint density at radius 3 is 2.93 bits per heavy atom. The van der Waals surface area contributed by atoms with Crippen molar-refractivity contribution in [3.63, 3.8) is 0 Å².